The highest BCUT2D eigenvalue weighted by Crippen LogP contribution is 2.25. The van der Waals surface area contributed by atoms with Crippen molar-refractivity contribution in [1.82, 2.24) is 15.1 Å². The average molecular weight is 287 g/mol. The maximum atomic E-state index is 5.60. The number of aryl methyl sites for hydroxylation is 2. The van der Waals surface area contributed by atoms with E-state index >= 15 is 0 Å². The second kappa shape index (κ2) is 6.76. The zero-order valence-corrected chi connectivity index (χ0v) is 13.6. The lowest BCUT2D eigenvalue weighted by Gasteiger charge is -2.18. The molecule has 2 rings (SSSR count). The van der Waals surface area contributed by atoms with Gasteiger partial charge in [0.25, 0.3) is 0 Å². The minimum atomic E-state index is 0.256. The number of likely N-dealkylation sites (N-methyl/N-ethyl adjacent to an activating group) is 1. The van der Waals surface area contributed by atoms with Crippen LogP contribution < -0.4 is 10.1 Å². The topological polar surface area (TPSA) is 39.1 Å². The van der Waals surface area contributed by atoms with Gasteiger partial charge in [0.05, 0.1) is 12.3 Å². The fourth-order valence-corrected chi connectivity index (χ4v) is 2.69. The quantitative estimate of drug-likeness (QED) is 0.888. The lowest BCUT2D eigenvalue weighted by molar-refractivity contribution is 0.339. The van der Waals surface area contributed by atoms with E-state index in [2.05, 4.69) is 36.4 Å². The number of benzene rings is 1. The Labute approximate surface area is 127 Å². The molecule has 4 heteroatoms. The Hall–Kier alpha value is -1.81. The first-order valence-corrected chi connectivity index (χ1v) is 7.45. The predicted molar refractivity (Wildman–Crippen MR) is 85.8 cm³/mol. The molecule has 0 aliphatic rings. The minimum Gasteiger partial charge on any atom is -0.494 e. The largest absolute Gasteiger partial charge is 0.494 e. The third-order valence-corrected chi connectivity index (χ3v) is 3.99. The molecule has 1 N–H and O–H groups in total. The number of hydrogen-bond donors (Lipinski definition) is 1. The average Bonchev–Trinajstić information content (AvgIpc) is 2.71. The summed E-state index contributed by atoms with van der Waals surface area (Å²) in [5.41, 5.74) is 4.90. The molecule has 1 aromatic carbocycles. The molecule has 4 nitrogen and oxygen atoms in total. The number of aromatic nitrogens is 2. The smallest absolute Gasteiger partial charge is 0.119 e. The van der Waals surface area contributed by atoms with Gasteiger partial charge in [0.1, 0.15) is 5.75 Å². The van der Waals surface area contributed by atoms with E-state index in [1.165, 1.54) is 16.8 Å². The van der Waals surface area contributed by atoms with E-state index in [-0.39, 0.29) is 6.04 Å². The van der Waals surface area contributed by atoms with Gasteiger partial charge in [-0.25, -0.2) is 0 Å². The predicted octanol–water partition coefficient (Wildman–Crippen LogP) is 2.94. The van der Waals surface area contributed by atoms with Gasteiger partial charge in [0, 0.05) is 18.8 Å². The third-order valence-electron chi connectivity index (χ3n) is 3.99. The molecule has 0 fully saturated rings. The number of nitrogens with zero attached hydrogens (tertiary/aromatic N) is 2. The van der Waals surface area contributed by atoms with Gasteiger partial charge in [0.15, 0.2) is 0 Å². The van der Waals surface area contributed by atoms with Gasteiger partial charge in [-0.05, 0) is 57.5 Å². The molecule has 0 spiro atoms. The molecule has 0 aliphatic carbocycles. The molecule has 1 heterocycles. The van der Waals surface area contributed by atoms with E-state index in [0.29, 0.717) is 6.61 Å². The summed E-state index contributed by atoms with van der Waals surface area (Å²) < 4.78 is 7.55. The molecule has 0 radical (unpaired) electrons. The summed E-state index contributed by atoms with van der Waals surface area (Å²) in [7, 11) is 4.00. The van der Waals surface area contributed by atoms with Crippen molar-refractivity contribution >= 4 is 0 Å². The van der Waals surface area contributed by atoms with E-state index in [9.17, 15) is 0 Å². The minimum absolute atomic E-state index is 0.256. The van der Waals surface area contributed by atoms with Crippen LogP contribution in [0.3, 0.4) is 0 Å². The van der Waals surface area contributed by atoms with Crippen molar-refractivity contribution in [2.75, 3.05) is 13.7 Å². The molecule has 0 saturated carbocycles. The van der Waals surface area contributed by atoms with Crippen LogP contribution in [0.15, 0.2) is 24.3 Å². The van der Waals surface area contributed by atoms with E-state index in [4.69, 9.17) is 4.74 Å². The summed E-state index contributed by atoms with van der Waals surface area (Å²) >= 11 is 0. The van der Waals surface area contributed by atoms with Gasteiger partial charge in [-0.3, -0.25) is 4.68 Å². The maximum absolute atomic E-state index is 5.60. The van der Waals surface area contributed by atoms with Crippen LogP contribution in [0.5, 0.6) is 5.75 Å². The van der Waals surface area contributed by atoms with E-state index < -0.39 is 0 Å². The van der Waals surface area contributed by atoms with Crippen LogP contribution in [0.1, 0.15) is 35.5 Å². The molecule has 2 aromatic rings. The number of nitrogens with one attached hydrogen (secondary N) is 1. The van der Waals surface area contributed by atoms with Gasteiger partial charge in [0.2, 0.25) is 0 Å². The van der Waals surface area contributed by atoms with Crippen LogP contribution in [-0.2, 0) is 13.5 Å². The molecule has 114 valence electrons. The van der Waals surface area contributed by atoms with Crippen molar-refractivity contribution in [2.24, 2.45) is 7.05 Å². The van der Waals surface area contributed by atoms with E-state index in [0.717, 1.165) is 17.9 Å². The Bertz CT molecular complexity index is 604. The van der Waals surface area contributed by atoms with Crippen molar-refractivity contribution in [2.45, 2.75) is 33.2 Å². The lowest BCUT2D eigenvalue weighted by Crippen LogP contribution is -2.19. The molecule has 1 aromatic heterocycles. The van der Waals surface area contributed by atoms with Crippen molar-refractivity contribution in [3.8, 4) is 5.75 Å². The van der Waals surface area contributed by atoms with Gasteiger partial charge < -0.3 is 10.1 Å². The fraction of sp³-hybridized carbons (Fsp3) is 0.471. The molecule has 0 saturated heterocycles. The molecular weight excluding hydrogens is 262 g/mol. The van der Waals surface area contributed by atoms with Gasteiger partial charge in [-0.2, -0.15) is 5.10 Å². The zero-order chi connectivity index (χ0) is 15.4. The standard InChI is InChI=1S/C17H25N3O/c1-6-21-15-9-7-8-14(10-15)17(18-4)11-16-12(2)19-20(5)13(16)3/h7-10,17-18H,6,11H2,1-5H3. The molecule has 1 atom stereocenters. The van der Waals surface area contributed by atoms with Gasteiger partial charge >= 0.3 is 0 Å². The second-order valence-corrected chi connectivity index (χ2v) is 5.32. The molecule has 0 aliphatic heterocycles. The highest BCUT2D eigenvalue weighted by molar-refractivity contribution is 5.33. The Kier molecular flexibility index (Phi) is 5.02. The van der Waals surface area contributed by atoms with Crippen LogP contribution in [-0.4, -0.2) is 23.4 Å². The molecule has 0 amide bonds. The van der Waals surface area contributed by atoms with Crippen LogP contribution >= 0.6 is 0 Å². The second-order valence-electron chi connectivity index (χ2n) is 5.32. The first-order chi connectivity index (χ1) is 10.1. The SMILES string of the molecule is CCOc1cccc(C(Cc2c(C)nn(C)c2C)NC)c1. The highest BCUT2D eigenvalue weighted by atomic mass is 16.5. The molecule has 21 heavy (non-hydrogen) atoms. The summed E-state index contributed by atoms with van der Waals surface area (Å²) in [6.45, 7) is 6.89. The van der Waals surface area contributed by atoms with Crippen LogP contribution in [0, 0.1) is 13.8 Å². The van der Waals surface area contributed by atoms with Crippen molar-refractivity contribution < 1.29 is 4.74 Å². The lowest BCUT2D eigenvalue weighted by atomic mass is 9.97. The first-order valence-electron chi connectivity index (χ1n) is 7.45. The first kappa shape index (κ1) is 15.6. The van der Waals surface area contributed by atoms with Crippen LogP contribution in [0.25, 0.3) is 0 Å². The fourth-order valence-electron chi connectivity index (χ4n) is 2.69. The van der Waals surface area contributed by atoms with Crippen LogP contribution in [0.4, 0.5) is 0 Å². The number of ether oxygens (including phenoxy) is 1. The van der Waals surface area contributed by atoms with Crippen LogP contribution in [0.2, 0.25) is 0 Å². The van der Waals surface area contributed by atoms with Gasteiger partial charge in [-0.15, -0.1) is 0 Å². The van der Waals surface area contributed by atoms with E-state index in [1.807, 2.05) is 37.8 Å². The molecular formula is C17H25N3O. The number of rotatable bonds is 6. The van der Waals surface area contributed by atoms with Gasteiger partial charge in [-0.1, -0.05) is 12.1 Å². The van der Waals surface area contributed by atoms with Crippen molar-refractivity contribution in [3.63, 3.8) is 0 Å². The third kappa shape index (κ3) is 3.45. The summed E-state index contributed by atoms with van der Waals surface area (Å²) in [4.78, 5) is 0. The Balaban J connectivity index is 2.25. The van der Waals surface area contributed by atoms with Crippen molar-refractivity contribution in [1.29, 1.82) is 0 Å². The normalized spacial score (nSPS) is 12.4. The summed E-state index contributed by atoms with van der Waals surface area (Å²) in [6, 6.07) is 8.57. The zero-order valence-electron chi connectivity index (χ0n) is 13.6. The maximum Gasteiger partial charge on any atom is 0.119 e. The summed E-state index contributed by atoms with van der Waals surface area (Å²) in [5, 5.41) is 7.91. The van der Waals surface area contributed by atoms with E-state index in [1.54, 1.807) is 0 Å². The van der Waals surface area contributed by atoms with Crippen molar-refractivity contribution in [3.05, 3.63) is 46.8 Å². The molecule has 1 unspecified atom stereocenters. The summed E-state index contributed by atoms with van der Waals surface area (Å²) in [5.74, 6) is 0.926. The Morgan fingerprint density at radius 1 is 1.33 bits per heavy atom. The Morgan fingerprint density at radius 2 is 2.10 bits per heavy atom. The monoisotopic (exact) mass is 287 g/mol. The highest BCUT2D eigenvalue weighted by Gasteiger charge is 2.16. The number of hydrogen-bond acceptors (Lipinski definition) is 3. The Morgan fingerprint density at radius 3 is 2.67 bits per heavy atom. The summed E-state index contributed by atoms with van der Waals surface area (Å²) in [6.07, 6.45) is 0.928. The molecule has 0 bridgehead atoms.